The van der Waals surface area contributed by atoms with E-state index in [1.54, 1.807) is 26.0 Å². The smallest absolute Gasteiger partial charge is 0.320 e. The molecule has 108 valence electrons. The normalized spacial score (nSPS) is 10.5. The quantitative estimate of drug-likeness (QED) is 0.286. The van der Waals surface area contributed by atoms with Gasteiger partial charge in [0.25, 0.3) is 0 Å². The maximum atomic E-state index is 11.6. The topological polar surface area (TPSA) is 78.9 Å². The minimum absolute atomic E-state index is 0.105. The van der Waals surface area contributed by atoms with Crippen molar-refractivity contribution in [2.24, 2.45) is 5.92 Å². The summed E-state index contributed by atoms with van der Waals surface area (Å²) in [6.45, 7) is 5.13. The van der Waals surface area contributed by atoms with Gasteiger partial charge in [-0.2, -0.15) is 0 Å². The standard InChI is InChI=1S/C13H20O6/c1-4-17-12(15)11(13(16)18-5-2)8-6-7-9-19-10(3)14/h6-7,11H,4-5,8-9H2,1-3H3/b7-6+. The first-order chi connectivity index (χ1) is 9.02. The van der Waals surface area contributed by atoms with E-state index in [0.29, 0.717) is 0 Å². The Morgan fingerprint density at radius 2 is 1.47 bits per heavy atom. The highest BCUT2D eigenvalue weighted by atomic mass is 16.6. The van der Waals surface area contributed by atoms with E-state index in [9.17, 15) is 14.4 Å². The van der Waals surface area contributed by atoms with Crippen LogP contribution in [0.3, 0.4) is 0 Å². The molecule has 0 fully saturated rings. The molecule has 0 saturated carbocycles. The molecule has 0 aromatic heterocycles. The molecule has 0 heterocycles. The maximum absolute atomic E-state index is 11.6. The van der Waals surface area contributed by atoms with Gasteiger partial charge >= 0.3 is 17.9 Å². The minimum Gasteiger partial charge on any atom is -0.465 e. The third-order valence-electron chi connectivity index (χ3n) is 2.06. The number of rotatable bonds is 8. The number of esters is 3. The second kappa shape index (κ2) is 10.1. The Labute approximate surface area is 112 Å². The van der Waals surface area contributed by atoms with Crippen LogP contribution in [-0.2, 0) is 28.6 Å². The van der Waals surface area contributed by atoms with Gasteiger partial charge in [-0.3, -0.25) is 14.4 Å². The summed E-state index contributed by atoms with van der Waals surface area (Å²) in [5.41, 5.74) is 0. The van der Waals surface area contributed by atoms with Crippen molar-refractivity contribution in [3.8, 4) is 0 Å². The molecule has 0 bridgehead atoms. The van der Waals surface area contributed by atoms with E-state index in [-0.39, 0.29) is 26.2 Å². The number of hydrogen-bond acceptors (Lipinski definition) is 6. The van der Waals surface area contributed by atoms with Crippen molar-refractivity contribution in [3.05, 3.63) is 12.2 Å². The molecule has 6 nitrogen and oxygen atoms in total. The molecule has 0 amide bonds. The summed E-state index contributed by atoms with van der Waals surface area (Å²) < 4.78 is 14.3. The Kier molecular flexibility index (Phi) is 9.12. The first-order valence-corrected chi connectivity index (χ1v) is 6.14. The number of carbonyl (C=O) groups is 3. The van der Waals surface area contributed by atoms with Crippen LogP contribution in [0.1, 0.15) is 27.2 Å². The van der Waals surface area contributed by atoms with Gasteiger partial charge in [0.1, 0.15) is 6.61 Å². The van der Waals surface area contributed by atoms with E-state index >= 15 is 0 Å². The molecule has 0 unspecified atom stereocenters. The first kappa shape index (κ1) is 17.2. The molecular weight excluding hydrogens is 252 g/mol. The molecule has 19 heavy (non-hydrogen) atoms. The highest BCUT2D eigenvalue weighted by molar-refractivity contribution is 5.95. The van der Waals surface area contributed by atoms with Crippen LogP contribution < -0.4 is 0 Å². The third-order valence-corrected chi connectivity index (χ3v) is 2.06. The zero-order valence-corrected chi connectivity index (χ0v) is 11.5. The summed E-state index contributed by atoms with van der Waals surface area (Å²) >= 11 is 0. The van der Waals surface area contributed by atoms with Crippen molar-refractivity contribution in [2.45, 2.75) is 27.2 Å². The van der Waals surface area contributed by atoms with Crippen LogP contribution in [0.4, 0.5) is 0 Å². The van der Waals surface area contributed by atoms with E-state index in [4.69, 9.17) is 9.47 Å². The lowest BCUT2D eigenvalue weighted by Gasteiger charge is -2.12. The molecule has 0 aliphatic carbocycles. The van der Waals surface area contributed by atoms with E-state index in [1.165, 1.54) is 6.92 Å². The summed E-state index contributed by atoms with van der Waals surface area (Å²) in [4.78, 5) is 33.7. The molecule has 0 saturated heterocycles. The predicted octanol–water partition coefficient (Wildman–Crippen LogP) is 1.24. The van der Waals surface area contributed by atoms with Gasteiger partial charge in [0.15, 0.2) is 5.92 Å². The number of carbonyl (C=O) groups excluding carboxylic acids is 3. The lowest BCUT2D eigenvalue weighted by molar-refractivity contribution is -0.161. The summed E-state index contributed by atoms with van der Waals surface area (Å²) in [5.74, 6) is -2.60. The van der Waals surface area contributed by atoms with Gasteiger partial charge in [-0.25, -0.2) is 0 Å². The zero-order chi connectivity index (χ0) is 14.7. The molecule has 0 aromatic rings. The van der Waals surface area contributed by atoms with Crippen LogP contribution in [0.15, 0.2) is 12.2 Å². The second-order valence-electron chi connectivity index (χ2n) is 3.57. The molecule has 0 N–H and O–H groups in total. The minimum atomic E-state index is -0.978. The highest BCUT2D eigenvalue weighted by Gasteiger charge is 2.27. The maximum Gasteiger partial charge on any atom is 0.320 e. The molecule has 0 spiro atoms. The van der Waals surface area contributed by atoms with Gasteiger partial charge in [0.05, 0.1) is 13.2 Å². The van der Waals surface area contributed by atoms with Crippen LogP contribution >= 0.6 is 0 Å². The average Bonchev–Trinajstić information content (AvgIpc) is 2.33. The summed E-state index contributed by atoms with van der Waals surface area (Å²) in [6, 6.07) is 0. The second-order valence-corrected chi connectivity index (χ2v) is 3.57. The van der Waals surface area contributed by atoms with Gasteiger partial charge in [0, 0.05) is 6.92 Å². The molecule has 0 radical (unpaired) electrons. The SMILES string of the molecule is CCOC(=O)C(C/C=C/COC(C)=O)C(=O)OCC. The van der Waals surface area contributed by atoms with Crippen LogP contribution in [0.2, 0.25) is 0 Å². The van der Waals surface area contributed by atoms with Crippen LogP contribution in [-0.4, -0.2) is 37.7 Å². The number of hydrogen-bond donors (Lipinski definition) is 0. The molecule has 6 heteroatoms. The number of allylic oxidation sites excluding steroid dienone is 1. The Morgan fingerprint density at radius 1 is 0.947 bits per heavy atom. The van der Waals surface area contributed by atoms with Crippen molar-refractivity contribution in [1.29, 1.82) is 0 Å². The average molecular weight is 272 g/mol. The Morgan fingerprint density at radius 3 is 1.89 bits per heavy atom. The molecule has 0 aromatic carbocycles. The third kappa shape index (κ3) is 7.96. The van der Waals surface area contributed by atoms with E-state index < -0.39 is 23.8 Å². The molecule has 0 atom stereocenters. The van der Waals surface area contributed by atoms with Crippen molar-refractivity contribution >= 4 is 17.9 Å². The van der Waals surface area contributed by atoms with Gasteiger partial charge < -0.3 is 14.2 Å². The summed E-state index contributed by atoms with van der Waals surface area (Å²) in [7, 11) is 0. The summed E-state index contributed by atoms with van der Waals surface area (Å²) in [6.07, 6.45) is 3.30. The molecule has 0 aliphatic rings. The van der Waals surface area contributed by atoms with Gasteiger partial charge in [-0.15, -0.1) is 0 Å². The van der Waals surface area contributed by atoms with Crippen LogP contribution in [0, 0.1) is 5.92 Å². The van der Waals surface area contributed by atoms with E-state index in [2.05, 4.69) is 4.74 Å². The molecular formula is C13H20O6. The molecule has 0 rings (SSSR count). The monoisotopic (exact) mass is 272 g/mol. The largest absolute Gasteiger partial charge is 0.465 e. The lowest BCUT2D eigenvalue weighted by Crippen LogP contribution is -2.27. The van der Waals surface area contributed by atoms with E-state index in [0.717, 1.165) is 0 Å². The van der Waals surface area contributed by atoms with Crippen molar-refractivity contribution in [3.63, 3.8) is 0 Å². The van der Waals surface area contributed by atoms with Gasteiger partial charge in [-0.05, 0) is 20.3 Å². The predicted molar refractivity (Wildman–Crippen MR) is 67.1 cm³/mol. The van der Waals surface area contributed by atoms with Crippen molar-refractivity contribution < 1.29 is 28.6 Å². The summed E-state index contributed by atoms with van der Waals surface area (Å²) in [5, 5.41) is 0. The zero-order valence-electron chi connectivity index (χ0n) is 11.5. The van der Waals surface area contributed by atoms with Gasteiger partial charge in [-0.1, -0.05) is 12.2 Å². The fourth-order valence-corrected chi connectivity index (χ4v) is 1.24. The Bertz CT molecular complexity index is 316. The lowest BCUT2D eigenvalue weighted by atomic mass is 10.1. The Hall–Kier alpha value is -1.85. The molecule has 0 aliphatic heterocycles. The van der Waals surface area contributed by atoms with E-state index in [1.807, 2.05) is 0 Å². The first-order valence-electron chi connectivity index (χ1n) is 6.14. The fourth-order valence-electron chi connectivity index (χ4n) is 1.24. The Balaban J connectivity index is 4.37. The number of ether oxygens (including phenoxy) is 3. The van der Waals surface area contributed by atoms with Crippen LogP contribution in [0.5, 0.6) is 0 Å². The van der Waals surface area contributed by atoms with Crippen molar-refractivity contribution in [2.75, 3.05) is 19.8 Å². The van der Waals surface area contributed by atoms with Gasteiger partial charge in [0.2, 0.25) is 0 Å². The van der Waals surface area contributed by atoms with Crippen molar-refractivity contribution in [1.82, 2.24) is 0 Å². The van der Waals surface area contributed by atoms with Crippen LogP contribution in [0.25, 0.3) is 0 Å². The highest BCUT2D eigenvalue weighted by Crippen LogP contribution is 2.10. The fraction of sp³-hybridized carbons (Fsp3) is 0.615.